The Hall–Kier alpha value is -4.62. The van der Waals surface area contributed by atoms with Gasteiger partial charge >= 0.3 is 0 Å². The smallest absolute Gasteiger partial charge is 0.0619 e. The second-order valence-electron chi connectivity index (χ2n) is 10.4. The van der Waals surface area contributed by atoms with Crippen molar-refractivity contribution in [1.29, 1.82) is 0 Å². The lowest BCUT2D eigenvalue weighted by atomic mass is 9.96. The zero-order valence-corrected chi connectivity index (χ0v) is 22.5. The Morgan fingerprint density at radius 2 is 1.56 bits per heavy atom. The molecule has 0 bridgehead atoms. The highest BCUT2D eigenvalue weighted by atomic mass is 15.0. The fourth-order valence-corrected chi connectivity index (χ4v) is 6.37. The van der Waals surface area contributed by atoms with E-state index in [-0.39, 0.29) is 0 Å². The first-order valence-corrected chi connectivity index (χ1v) is 13.9. The lowest BCUT2D eigenvalue weighted by Crippen LogP contribution is -1.93. The Bertz CT molecular complexity index is 1960. The molecule has 0 fully saturated rings. The molecule has 1 nitrogen and oxygen atoms in total. The summed E-state index contributed by atoms with van der Waals surface area (Å²) in [4.78, 5) is 0. The normalized spacial score (nSPS) is 13.6. The molecular formula is C38H31N. The molecule has 0 radical (unpaired) electrons. The van der Waals surface area contributed by atoms with Gasteiger partial charge in [-0.25, -0.2) is 0 Å². The number of nitrogens with zero attached hydrogens (tertiary/aromatic N) is 1. The Balaban J connectivity index is 1.42. The molecule has 39 heavy (non-hydrogen) atoms. The molecule has 188 valence electrons. The molecule has 0 N–H and O–H groups in total. The van der Waals surface area contributed by atoms with Gasteiger partial charge in [-0.3, -0.25) is 0 Å². The molecular weight excluding hydrogens is 470 g/mol. The van der Waals surface area contributed by atoms with Crippen molar-refractivity contribution >= 4 is 44.2 Å². The summed E-state index contributed by atoms with van der Waals surface area (Å²) in [7, 11) is 0. The summed E-state index contributed by atoms with van der Waals surface area (Å²) < 4.78 is 2.42. The summed E-state index contributed by atoms with van der Waals surface area (Å²) in [6.07, 6.45) is 11.1. The number of para-hydroxylation sites is 1. The Labute approximate surface area is 230 Å². The largest absolute Gasteiger partial charge is 0.309 e. The van der Waals surface area contributed by atoms with Crippen molar-refractivity contribution in [2.75, 3.05) is 0 Å². The van der Waals surface area contributed by atoms with Crippen molar-refractivity contribution in [3.63, 3.8) is 0 Å². The van der Waals surface area contributed by atoms with Gasteiger partial charge in [-0.15, -0.1) is 0 Å². The van der Waals surface area contributed by atoms with Crippen LogP contribution in [0.2, 0.25) is 0 Å². The van der Waals surface area contributed by atoms with Crippen LogP contribution in [-0.2, 0) is 12.8 Å². The van der Waals surface area contributed by atoms with Gasteiger partial charge in [0.2, 0.25) is 0 Å². The third-order valence-electron chi connectivity index (χ3n) is 8.11. The van der Waals surface area contributed by atoms with Crippen molar-refractivity contribution in [1.82, 2.24) is 4.57 Å². The number of rotatable bonds is 5. The topological polar surface area (TPSA) is 4.93 Å². The first-order chi connectivity index (χ1) is 19.3. The minimum atomic E-state index is 1.00. The average Bonchev–Trinajstić information content (AvgIpc) is 3.51. The molecule has 0 aliphatic heterocycles. The van der Waals surface area contributed by atoms with Gasteiger partial charge in [0, 0.05) is 21.8 Å². The van der Waals surface area contributed by atoms with E-state index < -0.39 is 0 Å². The van der Waals surface area contributed by atoms with Crippen LogP contribution in [-0.4, -0.2) is 4.57 Å². The van der Waals surface area contributed by atoms with Gasteiger partial charge in [0.15, 0.2) is 0 Å². The second kappa shape index (κ2) is 9.60. The molecule has 0 spiro atoms. The van der Waals surface area contributed by atoms with Crippen molar-refractivity contribution in [2.24, 2.45) is 0 Å². The number of hydrogen-bond acceptors (Lipinski definition) is 0. The van der Waals surface area contributed by atoms with Gasteiger partial charge in [0.05, 0.1) is 11.0 Å². The number of aryl methyl sites for hydroxylation is 1. The van der Waals surface area contributed by atoms with Crippen LogP contribution in [0.4, 0.5) is 0 Å². The monoisotopic (exact) mass is 501 g/mol. The van der Waals surface area contributed by atoms with E-state index in [1.54, 1.807) is 0 Å². The molecule has 0 saturated heterocycles. The van der Waals surface area contributed by atoms with Gasteiger partial charge in [0.25, 0.3) is 0 Å². The maximum absolute atomic E-state index is 2.42. The predicted molar refractivity (Wildman–Crippen MR) is 169 cm³/mol. The predicted octanol–water partition coefficient (Wildman–Crippen LogP) is 10.1. The van der Waals surface area contributed by atoms with Crippen LogP contribution >= 0.6 is 0 Å². The molecule has 1 heteroatoms. The summed E-state index contributed by atoms with van der Waals surface area (Å²) >= 11 is 0. The molecule has 0 unspecified atom stereocenters. The maximum Gasteiger partial charge on any atom is 0.0619 e. The molecule has 1 aromatic heterocycles. The number of benzene rings is 5. The van der Waals surface area contributed by atoms with Crippen LogP contribution in [0, 0.1) is 0 Å². The van der Waals surface area contributed by atoms with E-state index in [2.05, 4.69) is 146 Å². The van der Waals surface area contributed by atoms with Gasteiger partial charge in [-0.1, -0.05) is 110 Å². The van der Waals surface area contributed by atoms with Crippen LogP contribution in [0.1, 0.15) is 36.1 Å². The first kappa shape index (κ1) is 23.5. The van der Waals surface area contributed by atoms with Crippen LogP contribution in [0.15, 0.2) is 127 Å². The minimum Gasteiger partial charge on any atom is -0.309 e. The summed E-state index contributed by atoms with van der Waals surface area (Å²) in [5, 5.41) is 5.12. The average molecular weight is 502 g/mol. The summed E-state index contributed by atoms with van der Waals surface area (Å²) in [5.41, 5.74) is 12.0. The molecule has 0 saturated carbocycles. The zero-order chi connectivity index (χ0) is 26.3. The number of aromatic nitrogens is 1. The quantitative estimate of drug-likeness (QED) is 0.221. The first-order valence-electron chi connectivity index (χ1n) is 13.9. The minimum absolute atomic E-state index is 1.00. The van der Waals surface area contributed by atoms with E-state index in [4.69, 9.17) is 0 Å². The molecule has 1 aliphatic carbocycles. The fraction of sp³-hybridized carbons (Fsp3) is 0.105. The zero-order valence-electron chi connectivity index (χ0n) is 22.5. The van der Waals surface area contributed by atoms with E-state index in [0.29, 0.717) is 0 Å². The van der Waals surface area contributed by atoms with E-state index in [0.717, 1.165) is 12.8 Å². The maximum atomic E-state index is 2.42. The van der Waals surface area contributed by atoms with Gasteiger partial charge in [0.1, 0.15) is 0 Å². The molecule has 1 heterocycles. The summed E-state index contributed by atoms with van der Waals surface area (Å²) in [6, 6.07) is 37.7. The Morgan fingerprint density at radius 3 is 2.41 bits per heavy atom. The lowest BCUT2D eigenvalue weighted by Gasteiger charge is -2.10. The second-order valence-corrected chi connectivity index (χ2v) is 10.4. The van der Waals surface area contributed by atoms with Crippen LogP contribution in [0.25, 0.3) is 49.9 Å². The SMILES string of the molecule is C/C=C\C1=C(C=Cc2ccc3c(c2)c2ccc4ccccc4c2n3-c2ccccc2)c2c(CC)cccc2C1. The number of fused-ring (bicyclic) bond motifs is 6. The van der Waals surface area contributed by atoms with E-state index in [1.807, 2.05) is 0 Å². The molecule has 0 atom stereocenters. The highest BCUT2D eigenvalue weighted by Crippen LogP contribution is 2.39. The molecule has 0 amide bonds. The molecule has 1 aliphatic rings. The standard InChI is InChI=1S/C38H31N/c1-3-11-29-25-30-14-10-13-27(4-2)37(30)32(29)21-18-26-19-23-36-35(24-26)34-22-20-28-12-8-9-17-33(28)38(34)39(36)31-15-6-5-7-16-31/h3,5-24H,4,25H2,1-2H3/b11-3-,21-18?. The highest BCUT2D eigenvalue weighted by Gasteiger charge is 2.21. The Kier molecular flexibility index (Phi) is 5.78. The third kappa shape index (κ3) is 3.85. The van der Waals surface area contributed by atoms with Crippen molar-refractivity contribution in [3.05, 3.63) is 149 Å². The van der Waals surface area contributed by atoms with Gasteiger partial charge in [-0.2, -0.15) is 0 Å². The van der Waals surface area contributed by atoms with Crippen LogP contribution in [0.5, 0.6) is 0 Å². The fourth-order valence-electron chi connectivity index (χ4n) is 6.37. The molecule has 5 aromatic carbocycles. The highest BCUT2D eigenvalue weighted by molar-refractivity contribution is 6.18. The number of hydrogen-bond donors (Lipinski definition) is 0. The van der Waals surface area contributed by atoms with Crippen LogP contribution in [0.3, 0.4) is 0 Å². The van der Waals surface area contributed by atoms with Crippen molar-refractivity contribution in [2.45, 2.75) is 26.7 Å². The summed E-state index contributed by atoms with van der Waals surface area (Å²) in [6.45, 7) is 4.36. The molecule has 6 aromatic rings. The molecule has 7 rings (SSSR count). The lowest BCUT2D eigenvalue weighted by molar-refractivity contribution is 1.12. The van der Waals surface area contributed by atoms with E-state index in [1.165, 1.54) is 71.7 Å². The van der Waals surface area contributed by atoms with Crippen LogP contribution < -0.4 is 0 Å². The van der Waals surface area contributed by atoms with E-state index in [9.17, 15) is 0 Å². The number of allylic oxidation sites excluding steroid dienone is 5. The van der Waals surface area contributed by atoms with E-state index >= 15 is 0 Å². The third-order valence-corrected chi connectivity index (χ3v) is 8.11. The summed E-state index contributed by atoms with van der Waals surface area (Å²) in [5.74, 6) is 0. The van der Waals surface area contributed by atoms with Crippen molar-refractivity contribution in [3.8, 4) is 5.69 Å². The van der Waals surface area contributed by atoms with Crippen molar-refractivity contribution < 1.29 is 0 Å². The van der Waals surface area contributed by atoms with Gasteiger partial charge in [-0.05, 0) is 82.8 Å². The van der Waals surface area contributed by atoms with Gasteiger partial charge < -0.3 is 4.57 Å². The Morgan fingerprint density at radius 1 is 0.718 bits per heavy atom.